The van der Waals surface area contributed by atoms with E-state index in [4.69, 9.17) is 0 Å². The first-order chi connectivity index (χ1) is 9.74. The van der Waals surface area contributed by atoms with Crippen LogP contribution in [0.3, 0.4) is 0 Å². The first kappa shape index (κ1) is 12.7. The van der Waals surface area contributed by atoms with E-state index >= 15 is 0 Å². The minimum atomic E-state index is -0.741. The second-order valence-corrected chi connectivity index (χ2v) is 7.31. The average Bonchev–Trinajstić information content (AvgIpc) is 2.91. The molecule has 108 valence electrons. The maximum atomic E-state index is 11.2. The number of allylic oxidation sites excluding steroid dienone is 2. The second-order valence-electron chi connectivity index (χ2n) is 7.31. The molecule has 4 aliphatic carbocycles. The van der Waals surface area contributed by atoms with Crippen molar-refractivity contribution in [3.63, 3.8) is 0 Å². The SMILES string of the molecule is O=C(O)C1=CC2CCC3C(CCC4CCCCC43)C2=C1. The lowest BCUT2D eigenvalue weighted by Crippen LogP contribution is -2.40. The molecule has 0 aromatic carbocycles. The zero-order chi connectivity index (χ0) is 13.7. The van der Waals surface area contributed by atoms with Gasteiger partial charge in [-0.05, 0) is 67.8 Å². The molecule has 1 N–H and O–H groups in total. The number of carboxylic acids is 1. The number of carboxylic acid groups (broad SMARTS) is 1. The summed E-state index contributed by atoms with van der Waals surface area (Å²) in [5.41, 5.74) is 2.03. The largest absolute Gasteiger partial charge is 0.478 e. The minimum Gasteiger partial charge on any atom is -0.478 e. The summed E-state index contributed by atoms with van der Waals surface area (Å²) in [6, 6.07) is 0. The Kier molecular flexibility index (Phi) is 3.01. The highest BCUT2D eigenvalue weighted by Gasteiger charge is 2.45. The van der Waals surface area contributed by atoms with Crippen molar-refractivity contribution >= 4 is 5.97 Å². The van der Waals surface area contributed by atoms with Crippen LogP contribution in [0.5, 0.6) is 0 Å². The number of rotatable bonds is 1. The number of carbonyl (C=O) groups is 1. The first-order valence-corrected chi connectivity index (χ1v) is 8.40. The molecule has 20 heavy (non-hydrogen) atoms. The first-order valence-electron chi connectivity index (χ1n) is 8.40. The van der Waals surface area contributed by atoms with Gasteiger partial charge in [0.05, 0.1) is 5.57 Å². The summed E-state index contributed by atoms with van der Waals surface area (Å²) < 4.78 is 0. The van der Waals surface area contributed by atoms with Crippen molar-refractivity contribution in [2.45, 2.75) is 51.4 Å². The summed E-state index contributed by atoms with van der Waals surface area (Å²) in [5.74, 6) is 3.19. The molecule has 4 rings (SSSR count). The van der Waals surface area contributed by atoms with Gasteiger partial charge in [-0.3, -0.25) is 0 Å². The molecular formula is C18H24O2. The Hall–Kier alpha value is -1.05. The van der Waals surface area contributed by atoms with Crippen LogP contribution in [0.2, 0.25) is 0 Å². The molecule has 0 radical (unpaired) electrons. The fourth-order valence-corrected chi connectivity index (χ4v) is 5.68. The van der Waals surface area contributed by atoms with Crippen LogP contribution in [0.4, 0.5) is 0 Å². The Labute approximate surface area is 120 Å². The third kappa shape index (κ3) is 1.88. The van der Waals surface area contributed by atoms with Crippen LogP contribution in [0.15, 0.2) is 23.3 Å². The topological polar surface area (TPSA) is 37.3 Å². The van der Waals surface area contributed by atoms with E-state index in [1.807, 2.05) is 12.2 Å². The minimum absolute atomic E-state index is 0.447. The van der Waals surface area contributed by atoms with Crippen molar-refractivity contribution in [2.24, 2.45) is 29.6 Å². The number of hydrogen-bond acceptors (Lipinski definition) is 1. The van der Waals surface area contributed by atoms with Crippen LogP contribution in [0, 0.1) is 29.6 Å². The molecule has 2 nitrogen and oxygen atoms in total. The van der Waals surface area contributed by atoms with E-state index in [1.54, 1.807) is 0 Å². The highest BCUT2D eigenvalue weighted by molar-refractivity contribution is 5.91. The van der Waals surface area contributed by atoms with Crippen molar-refractivity contribution in [1.82, 2.24) is 0 Å². The average molecular weight is 272 g/mol. The van der Waals surface area contributed by atoms with Gasteiger partial charge in [0.25, 0.3) is 0 Å². The van der Waals surface area contributed by atoms with Crippen molar-refractivity contribution in [3.8, 4) is 0 Å². The zero-order valence-corrected chi connectivity index (χ0v) is 12.1. The van der Waals surface area contributed by atoms with Crippen LogP contribution in [0.25, 0.3) is 0 Å². The predicted molar refractivity (Wildman–Crippen MR) is 78.2 cm³/mol. The molecule has 0 saturated heterocycles. The Morgan fingerprint density at radius 3 is 2.70 bits per heavy atom. The quantitative estimate of drug-likeness (QED) is 0.777. The zero-order valence-electron chi connectivity index (χ0n) is 12.1. The Balaban J connectivity index is 1.60. The normalized spacial score (nSPS) is 42.9. The number of fused-ring (bicyclic) bond motifs is 5. The summed E-state index contributed by atoms with van der Waals surface area (Å²) >= 11 is 0. The van der Waals surface area contributed by atoms with E-state index in [0.29, 0.717) is 17.4 Å². The molecule has 0 aliphatic heterocycles. The maximum Gasteiger partial charge on any atom is 0.335 e. The van der Waals surface area contributed by atoms with Crippen molar-refractivity contribution in [3.05, 3.63) is 23.3 Å². The van der Waals surface area contributed by atoms with Gasteiger partial charge in [0.15, 0.2) is 0 Å². The van der Waals surface area contributed by atoms with Gasteiger partial charge in [-0.2, -0.15) is 0 Å². The highest BCUT2D eigenvalue weighted by Crippen LogP contribution is 2.55. The fraction of sp³-hybridized carbons (Fsp3) is 0.722. The summed E-state index contributed by atoms with van der Waals surface area (Å²) in [7, 11) is 0. The van der Waals surface area contributed by atoms with Gasteiger partial charge in [-0.25, -0.2) is 4.79 Å². The molecule has 0 amide bonds. The Morgan fingerprint density at radius 1 is 1.00 bits per heavy atom. The summed E-state index contributed by atoms with van der Waals surface area (Å²) in [6.07, 6.45) is 15.0. The van der Waals surface area contributed by atoms with E-state index in [9.17, 15) is 9.90 Å². The molecular weight excluding hydrogens is 248 g/mol. The Bertz CT molecular complexity index is 488. The highest BCUT2D eigenvalue weighted by atomic mass is 16.4. The molecule has 0 bridgehead atoms. The molecule has 0 heterocycles. The van der Waals surface area contributed by atoms with Gasteiger partial charge >= 0.3 is 5.97 Å². The molecule has 4 aliphatic rings. The van der Waals surface area contributed by atoms with Gasteiger partial charge in [0.1, 0.15) is 0 Å². The Morgan fingerprint density at radius 2 is 1.85 bits per heavy atom. The van der Waals surface area contributed by atoms with E-state index in [2.05, 4.69) is 0 Å². The van der Waals surface area contributed by atoms with E-state index in [0.717, 1.165) is 17.8 Å². The summed E-state index contributed by atoms with van der Waals surface area (Å²) in [5, 5.41) is 9.23. The molecule has 0 aromatic rings. The molecule has 5 unspecified atom stereocenters. The van der Waals surface area contributed by atoms with Gasteiger partial charge in [0.2, 0.25) is 0 Å². The standard InChI is InChI=1S/C18H24O2/c19-18(20)13-9-12-6-8-15-14-4-2-1-3-11(14)5-7-16(15)17(12)10-13/h9-12,14-16H,1-8H2,(H,19,20). The lowest BCUT2D eigenvalue weighted by atomic mass is 9.55. The van der Waals surface area contributed by atoms with Gasteiger partial charge < -0.3 is 5.11 Å². The monoisotopic (exact) mass is 272 g/mol. The lowest BCUT2D eigenvalue weighted by molar-refractivity contribution is -0.132. The van der Waals surface area contributed by atoms with Gasteiger partial charge in [0, 0.05) is 0 Å². The number of hydrogen-bond donors (Lipinski definition) is 1. The van der Waals surface area contributed by atoms with Gasteiger partial charge in [-0.15, -0.1) is 0 Å². The van der Waals surface area contributed by atoms with Gasteiger partial charge in [-0.1, -0.05) is 30.9 Å². The van der Waals surface area contributed by atoms with E-state index in [-0.39, 0.29) is 0 Å². The van der Waals surface area contributed by atoms with Crippen molar-refractivity contribution < 1.29 is 9.90 Å². The molecule has 3 saturated carbocycles. The fourth-order valence-electron chi connectivity index (χ4n) is 5.68. The van der Waals surface area contributed by atoms with Crippen molar-refractivity contribution in [2.75, 3.05) is 0 Å². The molecule has 0 spiro atoms. The lowest BCUT2D eigenvalue weighted by Gasteiger charge is -2.49. The third-order valence-corrected chi connectivity index (χ3v) is 6.50. The van der Waals surface area contributed by atoms with Crippen LogP contribution < -0.4 is 0 Å². The summed E-state index contributed by atoms with van der Waals surface area (Å²) in [6.45, 7) is 0. The third-order valence-electron chi connectivity index (χ3n) is 6.50. The maximum absolute atomic E-state index is 11.2. The molecule has 5 atom stereocenters. The van der Waals surface area contributed by atoms with Crippen LogP contribution in [0.1, 0.15) is 51.4 Å². The van der Waals surface area contributed by atoms with E-state index in [1.165, 1.54) is 56.9 Å². The smallest absolute Gasteiger partial charge is 0.335 e. The van der Waals surface area contributed by atoms with Crippen LogP contribution in [-0.4, -0.2) is 11.1 Å². The molecule has 3 fully saturated rings. The molecule has 2 heteroatoms. The van der Waals surface area contributed by atoms with E-state index < -0.39 is 5.97 Å². The summed E-state index contributed by atoms with van der Waals surface area (Å²) in [4.78, 5) is 11.2. The van der Waals surface area contributed by atoms with Crippen LogP contribution >= 0.6 is 0 Å². The number of aliphatic carboxylic acids is 1. The van der Waals surface area contributed by atoms with Crippen molar-refractivity contribution in [1.29, 1.82) is 0 Å². The predicted octanol–water partition coefficient (Wildman–Crippen LogP) is 4.18. The second kappa shape index (κ2) is 4.75. The molecule has 0 aromatic heterocycles. The van der Waals surface area contributed by atoms with Crippen LogP contribution in [-0.2, 0) is 4.79 Å².